The van der Waals surface area contributed by atoms with Gasteiger partial charge >= 0.3 is 11.9 Å². The molecule has 4 N–H and O–H groups in total. The molecule has 0 spiro atoms. The van der Waals surface area contributed by atoms with Crippen molar-refractivity contribution in [2.45, 2.75) is 139 Å². The van der Waals surface area contributed by atoms with Crippen molar-refractivity contribution < 1.29 is 29.4 Å². The summed E-state index contributed by atoms with van der Waals surface area (Å²) in [6, 6.07) is 10.7. The highest BCUT2D eigenvalue weighted by Crippen LogP contribution is 2.35. The maximum absolute atomic E-state index is 14.0. The van der Waals surface area contributed by atoms with Crippen LogP contribution in [0.25, 0.3) is 0 Å². The zero-order valence-corrected chi connectivity index (χ0v) is 32.8. The Balaban J connectivity index is 1.28. The van der Waals surface area contributed by atoms with Crippen LogP contribution in [-0.2, 0) is 4.79 Å². The van der Waals surface area contributed by atoms with Crippen LogP contribution in [0.1, 0.15) is 154 Å². The molecule has 0 aromatic heterocycles. The summed E-state index contributed by atoms with van der Waals surface area (Å²) in [5.41, 5.74) is 2.54. The number of carbonyl (C=O) groups is 4. The normalized spacial score (nSPS) is 18.6. The predicted molar refractivity (Wildman–Crippen MR) is 217 cm³/mol. The Hall–Kier alpha value is -4.38. The topological polar surface area (TPSA) is 148 Å². The summed E-state index contributed by atoms with van der Waals surface area (Å²) >= 11 is 1.22. The summed E-state index contributed by atoms with van der Waals surface area (Å²) in [4.78, 5) is 55.9. The number of nitrogens with zero attached hydrogens (tertiary/aromatic N) is 2. The van der Waals surface area contributed by atoms with Crippen molar-refractivity contribution in [2.24, 2.45) is 4.99 Å². The van der Waals surface area contributed by atoms with Crippen molar-refractivity contribution in [3.8, 4) is 0 Å². The van der Waals surface area contributed by atoms with Crippen molar-refractivity contribution in [3.05, 3.63) is 83.5 Å². The number of rotatable bonds is 24. The van der Waals surface area contributed by atoms with Crippen LogP contribution in [0, 0.1) is 0 Å². The number of aromatic carboxylic acids is 2. The highest BCUT2D eigenvalue weighted by molar-refractivity contribution is 8.01. The first kappa shape index (κ1) is 42.4. The van der Waals surface area contributed by atoms with E-state index in [0.717, 1.165) is 18.9 Å². The van der Waals surface area contributed by atoms with Gasteiger partial charge in [0.25, 0.3) is 11.8 Å². The van der Waals surface area contributed by atoms with Gasteiger partial charge in [0.1, 0.15) is 11.1 Å². The maximum Gasteiger partial charge on any atom is 0.335 e. The summed E-state index contributed by atoms with van der Waals surface area (Å²) in [7, 11) is 0. The number of nitrogens with one attached hydrogen (secondary N) is 2. The smallest absolute Gasteiger partial charge is 0.335 e. The molecule has 0 bridgehead atoms. The van der Waals surface area contributed by atoms with Crippen LogP contribution in [0.5, 0.6) is 0 Å². The molecule has 1 saturated heterocycles. The van der Waals surface area contributed by atoms with E-state index in [4.69, 9.17) is 0 Å². The van der Waals surface area contributed by atoms with Gasteiger partial charge in [-0.25, -0.2) is 19.6 Å². The van der Waals surface area contributed by atoms with Gasteiger partial charge in [-0.1, -0.05) is 134 Å². The number of hydrazine groups is 1. The summed E-state index contributed by atoms with van der Waals surface area (Å²) in [6.07, 6.45) is 28.9. The van der Waals surface area contributed by atoms with Crippen LogP contribution in [0.15, 0.2) is 76.7 Å². The molecule has 2 aromatic carbocycles. The molecule has 10 nitrogen and oxygen atoms in total. The van der Waals surface area contributed by atoms with Crippen molar-refractivity contribution in [3.63, 3.8) is 0 Å². The second-order valence-electron chi connectivity index (χ2n) is 14.6. The van der Waals surface area contributed by atoms with Crippen LogP contribution >= 0.6 is 11.8 Å². The van der Waals surface area contributed by atoms with Crippen LogP contribution in [0.2, 0.25) is 0 Å². The molecule has 2 aliphatic rings. The molecule has 2 atom stereocenters. The minimum Gasteiger partial charge on any atom is -0.478 e. The van der Waals surface area contributed by atoms with Gasteiger partial charge in [-0.05, 0) is 56.2 Å². The van der Waals surface area contributed by atoms with E-state index in [0.29, 0.717) is 23.4 Å². The van der Waals surface area contributed by atoms with Gasteiger partial charge in [0.15, 0.2) is 0 Å². The number of hydrogen-bond acceptors (Lipinski definition) is 6. The second kappa shape index (κ2) is 22.1. The van der Waals surface area contributed by atoms with Gasteiger partial charge in [0, 0.05) is 17.0 Å². The van der Waals surface area contributed by atoms with Gasteiger partial charge in [-0.15, -0.1) is 11.8 Å². The third kappa shape index (κ3) is 13.2. The van der Waals surface area contributed by atoms with Crippen LogP contribution in [-0.4, -0.2) is 62.1 Å². The lowest BCUT2D eigenvalue weighted by Crippen LogP contribution is -2.52. The highest BCUT2D eigenvalue weighted by atomic mass is 32.2. The molecule has 4 rings (SSSR count). The third-order valence-corrected chi connectivity index (χ3v) is 11.2. The zero-order chi connectivity index (χ0) is 38.8. The van der Waals surface area contributed by atoms with E-state index in [1.807, 2.05) is 37.3 Å². The number of amidine groups is 1. The molecule has 1 aliphatic carbocycles. The molecular weight excluding hydrogens is 701 g/mol. The van der Waals surface area contributed by atoms with Gasteiger partial charge in [0.05, 0.1) is 22.4 Å². The van der Waals surface area contributed by atoms with Crippen molar-refractivity contribution in [1.82, 2.24) is 15.8 Å². The minimum absolute atomic E-state index is 0.0847. The fourth-order valence-corrected chi connectivity index (χ4v) is 7.85. The number of carboxylic acid groups (broad SMARTS) is 2. The van der Waals surface area contributed by atoms with E-state index >= 15 is 0 Å². The van der Waals surface area contributed by atoms with E-state index in [2.05, 4.69) is 22.7 Å². The number of amides is 2. The van der Waals surface area contributed by atoms with Crippen molar-refractivity contribution >= 4 is 47.0 Å². The van der Waals surface area contributed by atoms with E-state index in [1.165, 1.54) is 119 Å². The molecule has 11 heteroatoms. The number of carbonyl (C=O) groups excluding carboxylic acids is 2. The number of thioether (sulfide) groups is 1. The molecule has 0 radical (unpaired) electrons. The molecule has 1 aliphatic heterocycles. The molecule has 1 heterocycles. The van der Waals surface area contributed by atoms with Crippen LogP contribution < -0.4 is 10.7 Å². The quantitative estimate of drug-likeness (QED) is 0.0774. The summed E-state index contributed by atoms with van der Waals surface area (Å²) in [5.74, 6) is -2.81. The average Bonchev–Trinajstić information content (AvgIpc) is 3.47. The van der Waals surface area contributed by atoms with Gasteiger partial charge < -0.3 is 15.5 Å². The summed E-state index contributed by atoms with van der Waals surface area (Å²) in [5, 5.41) is 22.8. The Kier molecular flexibility index (Phi) is 17.3. The van der Waals surface area contributed by atoms with Crippen molar-refractivity contribution in [1.29, 1.82) is 0 Å². The lowest BCUT2D eigenvalue weighted by atomic mass is 9.93. The SMILES string of the molecule is CCCCCCCCCCCCCCCCCCNC(=O)c1cccc(SC2C(=O)N(C3(C)C=CC=CC3)NC2=Nc2cc(C(=O)O)cc(C(=O)O)c2)c1. The maximum atomic E-state index is 14.0. The molecule has 0 saturated carbocycles. The number of unbranched alkanes of at least 4 members (excludes halogenated alkanes) is 15. The molecule has 2 amide bonds. The largest absolute Gasteiger partial charge is 0.478 e. The molecular formula is C43H58N4O6S. The lowest BCUT2D eigenvalue weighted by molar-refractivity contribution is -0.133. The van der Waals surface area contributed by atoms with E-state index in [9.17, 15) is 29.4 Å². The number of carboxylic acids is 2. The summed E-state index contributed by atoms with van der Waals surface area (Å²) < 4.78 is 0. The molecule has 2 aromatic rings. The molecule has 54 heavy (non-hydrogen) atoms. The average molecular weight is 759 g/mol. The van der Waals surface area contributed by atoms with Crippen molar-refractivity contribution in [2.75, 3.05) is 6.54 Å². The summed E-state index contributed by atoms with van der Waals surface area (Å²) in [6.45, 7) is 4.78. The van der Waals surface area contributed by atoms with E-state index < -0.39 is 22.7 Å². The standard InChI is InChI=1S/C43H58N4O6S/c1-3-4-5-6-7-8-9-10-11-12-13-14-15-16-17-21-27-44-39(48)32-23-22-24-36(31-32)54-37-38(46-47(40(37)49)43(2)25-19-18-20-26-43)45-35-29-33(41(50)51)28-34(30-35)42(52)53/h18-20,22-25,28-31,37H,3-17,21,26-27H2,1-2H3,(H,44,48)(H,45,46)(H,50,51)(H,52,53). The first-order valence-electron chi connectivity index (χ1n) is 19.8. The van der Waals surface area contributed by atoms with E-state index in [1.54, 1.807) is 18.2 Å². The number of allylic oxidation sites excluding steroid dienone is 2. The van der Waals surface area contributed by atoms with Gasteiger partial charge in [-0.3, -0.25) is 15.0 Å². The Bertz CT molecular complexity index is 1640. The first-order valence-corrected chi connectivity index (χ1v) is 20.7. The number of benzene rings is 2. The van der Waals surface area contributed by atoms with E-state index in [-0.39, 0.29) is 34.5 Å². The van der Waals surface area contributed by atoms with Gasteiger partial charge in [-0.2, -0.15) is 0 Å². The molecule has 2 unspecified atom stereocenters. The Morgan fingerprint density at radius 2 is 1.39 bits per heavy atom. The molecule has 292 valence electrons. The zero-order valence-electron chi connectivity index (χ0n) is 32.0. The highest BCUT2D eigenvalue weighted by Gasteiger charge is 2.46. The molecule has 1 fully saturated rings. The fourth-order valence-electron chi connectivity index (χ4n) is 6.80. The Morgan fingerprint density at radius 3 is 1.93 bits per heavy atom. The second-order valence-corrected chi connectivity index (χ2v) is 15.8. The fraction of sp³-hybridized carbons (Fsp3) is 0.512. The first-order chi connectivity index (χ1) is 26.1. The van der Waals surface area contributed by atoms with Crippen LogP contribution in [0.4, 0.5) is 5.69 Å². The number of hydrogen-bond donors (Lipinski definition) is 4. The number of aliphatic imine (C=N–C) groups is 1. The Morgan fingerprint density at radius 1 is 0.815 bits per heavy atom. The van der Waals surface area contributed by atoms with Gasteiger partial charge in [0.2, 0.25) is 0 Å². The predicted octanol–water partition coefficient (Wildman–Crippen LogP) is 9.89. The monoisotopic (exact) mass is 758 g/mol. The Labute approximate surface area is 324 Å². The third-order valence-electron chi connectivity index (χ3n) is 9.99. The lowest BCUT2D eigenvalue weighted by Gasteiger charge is -2.36. The minimum atomic E-state index is -1.29. The van der Waals surface area contributed by atoms with Crippen LogP contribution in [0.3, 0.4) is 0 Å².